The Hall–Kier alpha value is -2.09. The van der Waals surface area contributed by atoms with Crippen LogP contribution in [0.1, 0.15) is 17.2 Å². The van der Waals surface area contributed by atoms with E-state index in [1.165, 1.54) is 22.9 Å². The smallest absolute Gasteiger partial charge is 0.419 e. The largest absolute Gasteiger partial charge is 0.490 e. The first-order valence-corrected chi connectivity index (χ1v) is 6.62. The number of aromatic nitrogens is 3. The molecule has 0 saturated carbocycles. The van der Waals surface area contributed by atoms with Crippen LogP contribution in [0.4, 0.5) is 13.2 Å². The summed E-state index contributed by atoms with van der Waals surface area (Å²) in [6.07, 6.45) is -5.50. The van der Waals surface area contributed by atoms with Gasteiger partial charge in [0.1, 0.15) is 30.1 Å². The normalized spacial score (nSPS) is 13.2. The first-order chi connectivity index (χ1) is 10.3. The molecule has 0 aliphatic rings. The average molecular weight is 315 g/mol. The number of alkyl halides is 3. The molecule has 0 saturated heterocycles. The van der Waals surface area contributed by atoms with E-state index in [1.54, 1.807) is 13.8 Å². The maximum absolute atomic E-state index is 12.8. The van der Waals surface area contributed by atoms with Gasteiger partial charge in [-0.3, -0.25) is 0 Å². The standard InChI is InChI=1S/C14H16F3N3O2/c1-9-18-10(2)20(19-9)7-11(21)8-22-13-6-4-3-5-12(13)14(15,16)17/h3-6,11,21H,7-8H2,1-2H3. The topological polar surface area (TPSA) is 60.2 Å². The van der Waals surface area contributed by atoms with Crippen molar-refractivity contribution < 1.29 is 23.0 Å². The molecule has 0 radical (unpaired) electrons. The fourth-order valence-electron chi connectivity index (χ4n) is 2.00. The number of nitrogens with zero attached hydrogens (tertiary/aromatic N) is 3. The Kier molecular flexibility index (Phi) is 4.70. The van der Waals surface area contributed by atoms with Gasteiger partial charge in [0.05, 0.1) is 12.1 Å². The van der Waals surface area contributed by atoms with Gasteiger partial charge < -0.3 is 9.84 Å². The van der Waals surface area contributed by atoms with Crippen molar-refractivity contribution in [1.82, 2.24) is 14.8 Å². The molecule has 1 aromatic carbocycles. The predicted octanol–water partition coefficient (Wildman–Crippen LogP) is 2.35. The minimum Gasteiger partial charge on any atom is -0.490 e. The molecule has 2 aromatic rings. The van der Waals surface area contributed by atoms with Crippen molar-refractivity contribution in [2.45, 2.75) is 32.7 Å². The monoisotopic (exact) mass is 315 g/mol. The Morgan fingerprint density at radius 1 is 1.27 bits per heavy atom. The van der Waals surface area contributed by atoms with Crippen molar-refractivity contribution in [3.63, 3.8) is 0 Å². The highest BCUT2D eigenvalue weighted by Gasteiger charge is 2.34. The Morgan fingerprint density at radius 3 is 2.55 bits per heavy atom. The number of aliphatic hydroxyl groups excluding tert-OH is 1. The van der Waals surface area contributed by atoms with Crippen LogP contribution in [0.15, 0.2) is 24.3 Å². The van der Waals surface area contributed by atoms with Crippen molar-refractivity contribution >= 4 is 0 Å². The number of ether oxygens (including phenoxy) is 1. The van der Waals surface area contributed by atoms with Crippen molar-refractivity contribution in [2.24, 2.45) is 0 Å². The van der Waals surface area contributed by atoms with E-state index in [4.69, 9.17) is 4.74 Å². The van der Waals surface area contributed by atoms with Crippen LogP contribution in [0.2, 0.25) is 0 Å². The van der Waals surface area contributed by atoms with Gasteiger partial charge in [-0.15, -0.1) is 0 Å². The van der Waals surface area contributed by atoms with Crippen molar-refractivity contribution in [3.8, 4) is 5.75 Å². The van der Waals surface area contributed by atoms with Crippen LogP contribution in [0.25, 0.3) is 0 Å². The van der Waals surface area contributed by atoms with Crippen LogP contribution in [-0.2, 0) is 12.7 Å². The van der Waals surface area contributed by atoms with E-state index >= 15 is 0 Å². The SMILES string of the molecule is Cc1nc(C)n(CC(O)COc2ccccc2C(F)(F)F)n1. The van der Waals surface area contributed by atoms with Crippen LogP contribution in [0.5, 0.6) is 5.75 Å². The van der Waals surface area contributed by atoms with Gasteiger partial charge in [0.15, 0.2) is 0 Å². The molecule has 120 valence electrons. The minimum atomic E-state index is -4.50. The molecule has 8 heteroatoms. The first-order valence-electron chi connectivity index (χ1n) is 6.62. The lowest BCUT2D eigenvalue weighted by Gasteiger charge is -2.16. The number of hydrogen-bond donors (Lipinski definition) is 1. The van der Waals surface area contributed by atoms with Crippen LogP contribution < -0.4 is 4.74 Å². The lowest BCUT2D eigenvalue weighted by Crippen LogP contribution is -2.25. The van der Waals surface area contributed by atoms with E-state index in [-0.39, 0.29) is 18.9 Å². The fourth-order valence-corrected chi connectivity index (χ4v) is 2.00. The van der Waals surface area contributed by atoms with Crippen LogP contribution in [0, 0.1) is 13.8 Å². The molecule has 0 bridgehead atoms. The summed E-state index contributed by atoms with van der Waals surface area (Å²) in [5.74, 6) is 0.876. The van der Waals surface area contributed by atoms with Gasteiger partial charge in [-0.25, -0.2) is 9.67 Å². The third kappa shape index (κ3) is 3.97. The van der Waals surface area contributed by atoms with Crippen molar-refractivity contribution in [1.29, 1.82) is 0 Å². The average Bonchev–Trinajstić information content (AvgIpc) is 2.74. The summed E-state index contributed by atoms with van der Waals surface area (Å²) in [6.45, 7) is 3.27. The number of aryl methyl sites for hydroxylation is 2. The molecule has 0 aliphatic heterocycles. The molecule has 1 heterocycles. The summed E-state index contributed by atoms with van der Waals surface area (Å²) >= 11 is 0. The van der Waals surface area contributed by atoms with Gasteiger partial charge in [0.2, 0.25) is 0 Å². The zero-order chi connectivity index (χ0) is 16.3. The van der Waals surface area contributed by atoms with Crippen LogP contribution >= 0.6 is 0 Å². The molecule has 0 aliphatic carbocycles. The molecule has 1 unspecified atom stereocenters. The second-order valence-corrected chi connectivity index (χ2v) is 4.85. The third-order valence-electron chi connectivity index (χ3n) is 2.97. The maximum Gasteiger partial charge on any atom is 0.419 e. The number of halogens is 3. The summed E-state index contributed by atoms with van der Waals surface area (Å²) in [5, 5.41) is 14.0. The van der Waals surface area contributed by atoms with Gasteiger partial charge >= 0.3 is 6.18 Å². The predicted molar refractivity (Wildman–Crippen MR) is 72.4 cm³/mol. The van der Waals surface area contributed by atoms with Gasteiger partial charge in [0.25, 0.3) is 0 Å². The van der Waals surface area contributed by atoms with Crippen LogP contribution in [0.3, 0.4) is 0 Å². The molecule has 2 rings (SSSR count). The number of benzene rings is 1. The number of aliphatic hydroxyl groups is 1. The molecule has 5 nitrogen and oxygen atoms in total. The third-order valence-corrected chi connectivity index (χ3v) is 2.97. The Balaban J connectivity index is 2.00. The van der Waals surface area contributed by atoms with Crippen molar-refractivity contribution in [3.05, 3.63) is 41.5 Å². The molecular weight excluding hydrogens is 299 g/mol. The van der Waals surface area contributed by atoms with Gasteiger partial charge in [0, 0.05) is 0 Å². The fraction of sp³-hybridized carbons (Fsp3) is 0.429. The zero-order valence-electron chi connectivity index (χ0n) is 12.1. The molecule has 1 atom stereocenters. The minimum absolute atomic E-state index is 0.0981. The molecule has 22 heavy (non-hydrogen) atoms. The van der Waals surface area contributed by atoms with Gasteiger partial charge in [-0.05, 0) is 26.0 Å². The molecule has 1 N–H and O–H groups in total. The Morgan fingerprint density at radius 2 is 1.95 bits per heavy atom. The Bertz CT molecular complexity index is 641. The summed E-state index contributed by atoms with van der Waals surface area (Å²) in [6, 6.07) is 4.89. The summed E-state index contributed by atoms with van der Waals surface area (Å²) in [7, 11) is 0. The number of para-hydroxylation sites is 1. The van der Waals surface area contributed by atoms with E-state index in [2.05, 4.69) is 10.1 Å². The quantitative estimate of drug-likeness (QED) is 0.920. The highest BCUT2D eigenvalue weighted by atomic mass is 19.4. The van der Waals surface area contributed by atoms with Crippen LogP contribution in [-0.4, -0.2) is 32.6 Å². The summed E-state index contributed by atoms with van der Waals surface area (Å²) in [4.78, 5) is 4.08. The van der Waals surface area contributed by atoms with E-state index < -0.39 is 17.8 Å². The molecule has 0 amide bonds. The molecular formula is C14H16F3N3O2. The summed E-state index contributed by atoms with van der Waals surface area (Å²) < 4.78 is 45.0. The van der Waals surface area contributed by atoms with Gasteiger partial charge in [-0.2, -0.15) is 18.3 Å². The second-order valence-electron chi connectivity index (χ2n) is 4.85. The number of hydrogen-bond acceptors (Lipinski definition) is 4. The zero-order valence-corrected chi connectivity index (χ0v) is 12.1. The lowest BCUT2D eigenvalue weighted by atomic mass is 10.2. The second kappa shape index (κ2) is 6.35. The molecule has 1 aromatic heterocycles. The Labute approximate surface area is 125 Å². The maximum atomic E-state index is 12.8. The van der Waals surface area contributed by atoms with E-state index in [0.29, 0.717) is 11.6 Å². The van der Waals surface area contributed by atoms with E-state index in [0.717, 1.165) is 6.07 Å². The highest BCUT2D eigenvalue weighted by molar-refractivity contribution is 5.35. The summed E-state index contributed by atoms with van der Waals surface area (Å²) in [5.41, 5.74) is -0.866. The van der Waals surface area contributed by atoms with Gasteiger partial charge in [-0.1, -0.05) is 12.1 Å². The van der Waals surface area contributed by atoms with E-state index in [1.807, 2.05) is 0 Å². The first kappa shape index (κ1) is 16.3. The molecule has 0 fully saturated rings. The van der Waals surface area contributed by atoms with Crippen molar-refractivity contribution in [2.75, 3.05) is 6.61 Å². The highest BCUT2D eigenvalue weighted by Crippen LogP contribution is 2.35. The lowest BCUT2D eigenvalue weighted by molar-refractivity contribution is -0.139. The van der Waals surface area contributed by atoms with E-state index in [9.17, 15) is 18.3 Å². The molecule has 0 spiro atoms. The number of rotatable bonds is 5.